The van der Waals surface area contributed by atoms with Crippen LogP contribution in [0.25, 0.3) is 0 Å². The Kier molecular flexibility index (Phi) is 6.39. The fraction of sp³-hybridized carbons (Fsp3) is 0.194. The van der Waals surface area contributed by atoms with Crippen LogP contribution in [0.4, 0.5) is 0 Å². The Morgan fingerprint density at radius 2 is 0.788 bits per heavy atom. The van der Waals surface area contributed by atoms with Gasteiger partial charge in [0, 0.05) is 12.1 Å². The third-order valence-corrected chi connectivity index (χ3v) is 6.81. The van der Waals surface area contributed by atoms with Gasteiger partial charge in [-0.05, 0) is 36.1 Å². The molecule has 0 unspecified atom stereocenters. The van der Waals surface area contributed by atoms with E-state index in [0.29, 0.717) is 0 Å². The van der Waals surface area contributed by atoms with E-state index < -0.39 is 0 Å². The molecular weight excluding hydrogens is 400 g/mol. The molecular formula is C31H30N2. The maximum atomic E-state index is 3.85. The lowest BCUT2D eigenvalue weighted by Gasteiger charge is -2.33. The third kappa shape index (κ3) is 4.37. The van der Waals surface area contributed by atoms with Crippen molar-refractivity contribution in [3.8, 4) is 0 Å². The Morgan fingerprint density at radius 3 is 1.12 bits per heavy atom. The van der Waals surface area contributed by atoms with E-state index in [1.165, 1.54) is 22.3 Å². The number of hydrogen-bond acceptors (Lipinski definition) is 2. The standard InChI is InChI=1S/C31H30N2/c1-24(26-15-7-3-8-16-26)32-23-33(25(2)27-17-9-4-10-18-27)31(29-21-13-6-14-22-29)30(32)28-19-11-5-12-20-28/h3-22,24-25,30-31H,1-2H3/t24-,25-,30-,31-/m0/s1. The molecule has 1 heterocycles. The van der Waals surface area contributed by atoms with Crippen LogP contribution in [0.3, 0.4) is 0 Å². The van der Waals surface area contributed by atoms with Crippen molar-refractivity contribution in [2.75, 3.05) is 0 Å². The smallest absolute Gasteiger partial charge is 0.148 e. The molecule has 4 aromatic carbocycles. The molecule has 164 valence electrons. The fourth-order valence-electron chi connectivity index (χ4n) is 4.99. The molecule has 0 N–H and O–H groups in total. The predicted octanol–water partition coefficient (Wildman–Crippen LogP) is 7.61. The Morgan fingerprint density at radius 1 is 0.485 bits per heavy atom. The zero-order valence-electron chi connectivity index (χ0n) is 19.3. The van der Waals surface area contributed by atoms with Gasteiger partial charge in [-0.25, -0.2) is 0 Å². The Balaban J connectivity index is 1.63. The maximum Gasteiger partial charge on any atom is 0.148 e. The lowest BCUT2D eigenvalue weighted by molar-refractivity contribution is 0.215. The highest BCUT2D eigenvalue weighted by atomic mass is 15.4. The van der Waals surface area contributed by atoms with Gasteiger partial charge in [0.15, 0.2) is 0 Å². The molecule has 2 radical (unpaired) electrons. The monoisotopic (exact) mass is 430 g/mol. The fourth-order valence-corrected chi connectivity index (χ4v) is 4.99. The molecule has 0 saturated carbocycles. The Hall–Kier alpha value is -3.20. The van der Waals surface area contributed by atoms with E-state index in [4.69, 9.17) is 0 Å². The zero-order valence-corrected chi connectivity index (χ0v) is 19.3. The van der Waals surface area contributed by atoms with Crippen LogP contribution in [0.15, 0.2) is 121 Å². The Labute approximate surface area is 198 Å². The first kappa shape index (κ1) is 21.6. The van der Waals surface area contributed by atoms with E-state index in [1.807, 2.05) is 0 Å². The summed E-state index contributed by atoms with van der Waals surface area (Å²) in [4.78, 5) is 4.86. The van der Waals surface area contributed by atoms with E-state index in [1.54, 1.807) is 0 Å². The number of nitrogens with zero attached hydrogens (tertiary/aromatic N) is 2. The molecule has 0 aromatic heterocycles. The third-order valence-electron chi connectivity index (χ3n) is 6.81. The highest BCUT2D eigenvalue weighted by Crippen LogP contribution is 2.52. The summed E-state index contributed by atoms with van der Waals surface area (Å²) in [6.45, 7) is 8.43. The SMILES string of the molecule is C[C@@H](c1ccccc1)N1[C]N([C@@H](C)c2ccccc2)[C@@H](c2ccccc2)[C@@H]1c1ccccc1. The van der Waals surface area contributed by atoms with Crippen LogP contribution >= 0.6 is 0 Å². The molecule has 5 rings (SSSR count). The molecule has 2 heteroatoms. The molecule has 1 aliphatic heterocycles. The van der Waals surface area contributed by atoms with E-state index in [0.717, 1.165) is 0 Å². The molecule has 4 atom stereocenters. The minimum absolute atomic E-state index is 0.148. The summed E-state index contributed by atoms with van der Waals surface area (Å²) in [6.07, 6.45) is 0. The van der Waals surface area contributed by atoms with Gasteiger partial charge in [0.1, 0.15) is 6.67 Å². The lowest BCUT2D eigenvalue weighted by atomic mass is 9.90. The van der Waals surface area contributed by atoms with Crippen molar-refractivity contribution in [2.24, 2.45) is 0 Å². The summed E-state index contributed by atoms with van der Waals surface area (Å²) in [5.74, 6) is 0. The van der Waals surface area contributed by atoms with E-state index in [-0.39, 0.29) is 24.2 Å². The number of benzene rings is 4. The van der Waals surface area contributed by atoms with Crippen molar-refractivity contribution in [1.29, 1.82) is 0 Å². The van der Waals surface area contributed by atoms with Gasteiger partial charge in [0.25, 0.3) is 0 Å². The van der Waals surface area contributed by atoms with Crippen LogP contribution in [-0.2, 0) is 0 Å². The van der Waals surface area contributed by atoms with Gasteiger partial charge < -0.3 is 0 Å². The molecule has 1 aliphatic rings. The summed E-state index contributed by atoms with van der Waals surface area (Å²) in [5, 5.41) is 0. The Bertz CT molecular complexity index is 1040. The summed E-state index contributed by atoms with van der Waals surface area (Å²) >= 11 is 0. The van der Waals surface area contributed by atoms with E-state index in [2.05, 4.69) is 152 Å². The maximum absolute atomic E-state index is 3.85. The predicted molar refractivity (Wildman–Crippen MR) is 135 cm³/mol. The highest BCUT2D eigenvalue weighted by molar-refractivity contribution is 5.33. The van der Waals surface area contributed by atoms with Crippen LogP contribution in [0.1, 0.15) is 60.3 Å². The van der Waals surface area contributed by atoms with Gasteiger partial charge in [-0.1, -0.05) is 121 Å². The molecule has 33 heavy (non-hydrogen) atoms. The normalized spacial score (nSPS) is 21.0. The van der Waals surface area contributed by atoms with Crippen LogP contribution in [-0.4, -0.2) is 9.80 Å². The number of hydrogen-bond donors (Lipinski definition) is 0. The summed E-state index contributed by atoms with van der Waals surface area (Å²) < 4.78 is 0. The van der Waals surface area contributed by atoms with Gasteiger partial charge in [-0.15, -0.1) is 0 Å². The van der Waals surface area contributed by atoms with E-state index >= 15 is 0 Å². The quantitative estimate of drug-likeness (QED) is 0.311. The zero-order chi connectivity index (χ0) is 22.6. The molecule has 1 saturated heterocycles. The van der Waals surface area contributed by atoms with Crippen molar-refractivity contribution < 1.29 is 0 Å². The van der Waals surface area contributed by atoms with Crippen molar-refractivity contribution >= 4 is 0 Å². The lowest BCUT2D eigenvalue weighted by Crippen LogP contribution is -2.26. The van der Waals surface area contributed by atoms with Crippen molar-refractivity contribution in [3.05, 3.63) is 150 Å². The van der Waals surface area contributed by atoms with Gasteiger partial charge in [0.05, 0.1) is 12.1 Å². The molecule has 2 nitrogen and oxygen atoms in total. The van der Waals surface area contributed by atoms with Crippen LogP contribution in [0.5, 0.6) is 0 Å². The van der Waals surface area contributed by atoms with Gasteiger partial charge in [-0.2, -0.15) is 0 Å². The summed E-state index contributed by atoms with van der Waals surface area (Å²) in [5.41, 5.74) is 5.22. The second-order valence-corrected chi connectivity index (χ2v) is 8.80. The molecule has 0 amide bonds. The van der Waals surface area contributed by atoms with Crippen LogP contribution in [0.2, 0.25) is 0 Å². The number of rotatable bonds is 6. The minimum atomic E-state index is 0.148. The summed E-state index contributed by atoms with van der Waals surface area (Å²) in [7, 11) is 0. The van der Waals surface area contributed by atoms with Crippen molar-refractivity contribution in [1.82, 2.24) is 9.80 Å². The van der Waals surface area contributed by atoms with Gasteiger partial charge in [0.2, 0.25) is 0 Å². The summed E-state index contributed by atoms with van der Waals surface area (Å²) in [6, 6.07) is 44.0. The average Bonchev–Trinajstić information content (AvgIpc) is 3.30. The first-order valence-corrected chi connectivity index (χ1v) is 11.8. The van der Waals surface area contributed by atoms with Crippen LogP contribution in [0, 0.1) is 6.67 Å². The van der Waals surface area contributed by atoms with Crippen LogP contribution < -0.4 is 0 Å². The molecule has 0 aliphatic carbocycles. The second kappa shape index (κ2) is 9.74. The van der Waals surface area contributed by atoms with Gasteiger partial charge >= 0.3 is 0 Å². The van der Waals surface area contributed by atoms with E-state index in [9.17, 15) is 0 Å². The first-order chi connectivity index (χ1) is 16.2. The van der Waals surface area contributed by atoms with Gasteiger partial charge in [-0.3, -0.25) is 9.80 Å². The molecule has 0 bridgehead atoms. The first-order valence-electron chi connectivity index (χ1n) is 11.8. The topological polar surface area (TPSA) is 6.48 Å². The largest absolute Gasteiger partial charge is 0.264 e. The molecule has 0 spiro atoms. The molecule has 1 fully saturated rings. The van der Waals surface area contributed by atoms with Crippen molar-refractivity contribution in [3.63, 3.8) is 0 Å². The molecule has 4 aromatic rings. The highest BCUT2D eigenvalue weighted by Gasteiger charge is 2.46. The second-order valence-electron chi connectivity index (χ2n) is 8.80. The average molecular weight is 431 g/mol. The minimum Gasteiger partial charge on any atom is -0.264 e. The van der Waals surface area contributed by atoms with Crippen molar-refractivity contribution in [2.45, 2.75) is 38.0 Å².